The van der Waals surface area contributed by atoms with Crippen molar-refractivity contribution in [3.05, 3.63) is 52.2 Å². The van der Waals surface area contributed by atoms with Gasteiger partial charge in [-0.1, -0.05) is 24.3 Å². The number of nitrogens with one attached hydrogen (secondary N) is 1. The molecular weight excluding hydrogens is 284 g/mol. The number of aryl methyl sites for hydroxylation is 1. The molecule has 0 radical (unpaired) electrons. The lowest BCUT2D eigenvalue weighted by atomic mass is 10.1. The predicted octanol–water partition coefficient (Wildman–Crippen LogP) is 2.74. The number of anilines is 1. The number of benzene rings is 1. The fraction of sp³-hybridized carbons (Fsp3) is 0.250. The van der Waals surface area contributed by atoms with Crippen LogP contribution < -0.4 is 11.1 Å². The molecule has 0 aliphatic heterocycles. The number of carbonyl (C=O) groups is 2. The number of rotatable bonds is 7. The Labute approximate surface area is 128 Å². The van der Waals surface area contributed by atoms with Gasteiger partial charge in [0.15, 0.2) is 0 Å². The highest BCUT2D eigenvalue weighted by Gasteiger charge is 2.08. The molecule has 0 aliphatic rings. The van der Waals surface area contributed by atoms with Crippen molar-refractivity contribution < 1.29 is 9.59 Å². The van der Waals surface area contributed by atoms with Crippen molar-refractivity contribution >= 4 is 28.8 Å². The second kappa shape index (κ2) is 7.59. The Morgan fingerprint density at radius 1 is 1.14 bits per heavy atom. The first-order chi connectivity index (χ1) is 10.1. The van der Waals surface area contributed by atoms with E-state index >= 15 is 0 Å². The zero-order valence-electron chi connectivity index (χ0n) is 11.7. The molecule has 0 saturated carbocycles. The summed E-state index contributed by atoms with van der Waals surface area (Å²) in [6, 6.07) is 11.3. The highest BCUT2D eigenvalue weighted by molar-refractivity contribution is 7.09. The van der Waals surface area contributed by atoms with Crippen LogP contribution in [-0.4, -0.2) is 11.8 Å². The van der Waals surface area contributed by atoms with Gasteiger partial charge in [0, 0.05) is 17.0 Å². The molecule has 2 rings (SSSR count). The second-order valence-electron chi connectivity index (χ2n) is 4.78. The topological polar surface area (TPSA) is 72.2 Å². The van der Waals surface area contributed by atoms with Crippen LogP contribution in [0.25, 0.3) is 0 Å². The number of hydrogen-bond donors (Lipinski definition) is 2. The molecule has 0 spiro atoms. The van der Waals surface area contributed by atoms with Crippen LogP contribution in [0.1, 0.15) is 23.3 Å². The summed E-state index contributed by atoms with van der Waals surface area (Å²) in [5.41, 5.74) is 6.62. The van der Waals surface area contributed by atoms with Crippen LogP contribution in [0.4, 0.5) is 5.69 Å². The van der Waals surface area contributed by atoms with E-state index in [4.69, 9.17) is 5.73 Å². The van der Waals surface area contributed by atoms with Crippen LogP contribution in [0.2, 0.25) is 0 Å². The van der Waals surface area contributed by atoms with Crippen LogP contribution in [0.5, 0.6) is 0 Å². The third-order valence-electron chi connectivity index (χ3n) is 3.06. The largest absolute Gasteiger partial charge is 0.369 e. The van der Waals surface area contributed by atoms with E-state index in [9.17, 15) is 9.59 Å². The van der Waals surface area contributed by atoms with Crippen molar-refractivity contribution in [1.29, 1.82) is 0 Å². The van der Waals surface area contributed by atoms with Crippen molar-refractivity contribution in [2.75, 3.05) is 5.32 Å². The van der Waals surface area contributed by atoms with Crippen molar-refractivity contribution in [3.63, 3.8) is 0 Å². The molecule has 2 aromatic rings. The SMILES string of the molecule is NC(=O)Cc1ccccc1NC(=O)CCCc1cccs1. The fourth-order valence-electron chi connectivity index (χ4n) is 2.07. The lowest BCUT2D eigenvalue weighted by Crippen LogP contribution is -2.17. The Balaban J connectivity index is 1.86. The number of nitrogens with two attached hydrogens (primary N) is 1. The van der Waals surface area contributed by atoms with Gasteiger partial charge in [-0.2, -0.15) is 0 Å². The summed E-state index contributed by atoms with van der Waals surface area (Å²) in [7, 11) is 0. The number of para-hydroxylation sites is 1. The maximum Gasteiger partial charge on any atom is 0.224 e. The number of carbonyl (C=O) groups excluding carboxylic acids is 2. The summed E-state index contributed by atoms with van der Waals surface area (Å²) in [5, 5.41) is 4.89. The maximum absolute atomic E-state index is 12.0. The van der Waals surface area contributed by atoms with Gasteiger partial charge < -0.3 is 11.1 Å². The quantitative estimate of drug-likeness (QED) is 0.825. The molecule has 0 aliphatic carbocycles. The zero-order valence-corrected chi connectivity index (χ0v) is 12.5. The number of amides is 2. The molecule has 0 bridgehead atoms. The standard InChI is InChI=1S/C16H18N2O2S/c17-15(19)11-12-5-1-2-8-14(12)18-16(20)9-3-6-13-7-4-10-21-13/h1-2,4-5,7-8,10H,3,6,9,11H2,(H2,17,19)(H,18,20). The van der Waals surface area contributed by atoms with E-state index in [1.807, 2.05) is 23.6 Å². The molecule has 2 amide bonds. The van der Waals surface area contributed by atoms with Gasteiger partial charge in [-0.15, -0.1) is 11.3 Å². The van der Waals surface area contributed by atoms with Crippen LogP contribution >= 0.6 is 11.3 Å². The summed E-state index contributed by atoms with van der Waals surface area (Å²) in [5.74, 6) is -0.446. The zero-order chi connectivity index (χ0) is 15.1. The Hall–Kier alpha value is -2.14. The van der Waals surface area contributed by atoms with Gasteiger partial charge in [0.1, 0.15) is 0 Å². The first-order valence-electron chi connectivity index (χ1n) is 6.83. The van der Waals surface area contributed by atoms with E-state index in [0.717, 1.165) is 18.4 Å². The molecule has 0 unspecified atom stereocenters. The molecule has 110 valence electrons. The van der Waals surface area contributed by atoms with Gasteiger partial charge in [-0.3, -0.25) is 9.59 Å². The predicted molar refractivity (Wildman–Crippen MR) is 85.2 cm³/mol. The molecule has 3 N–H and O–H groups in total. The Morgan fingerprint density at radius 2 is 1.95 bits per heavy atom. The van der Waals surface area contributed by atoms with Gasteiger partial charge in [0.05, 0.1) is 6.42 Å². The van der Waals surface area contributed by atoms with Crippen molar-refractivity contribution in [3.8, 4) is 0 Å². The number of thiophene rings is 1. The first kappa shape index (κ1) is 15.3. The highest BCUT2D eigenvalue weighted by Crippen LogP contribution is 2.17. The second-order valence-corrected chi connectivity index (χ2v) is 5.81. The summed E-state index contributed by atoms with van der Waals surface area (Å²) in [4.78, 5) is 24.3. The lowest BCUT2D eigenvalue weighted by Gasteiger charge is -2.09. The minimum absolute atomic E-state index is 0.0384. The Morgan fingerprint density at radius 3 is 2.67 bits per heavy atom. The lowest BCUT2D eigenvalue weighted by molar-refractivity contribution is -0.118. The average Bonchev–Trinajstić information content (AvgIpc) is 2.93. The first-order valence-corrected chi connectivity index (χ1v) is 7.71. The minimum atomic E-state index is -0.408. The molecule has 1 aromatic carbocycles. The van der Waals surface area contributed by atoms with Crippen molar-refractivity contribution in [1.82, 2.24) is 0 Å². The Kier molecular flexibility index (Phi) is 5.51. The molecule has 0 atom stereocenters. The third kappa shape index (κ3) is 5.04. The van der Waals surface area contributed by atoms with E-state index in [1.165, 1.54) is 4.88 Å². The van der Waals surface area contributed by atoms with E-state index in [2.05, 4.69) is 11.4 Å². The van der Waals surface area contributed by atoms with Crippen LogP contribution in [-0.2, 0) is 22.4 Å². The number of primary amides is 1. The minimum Gasteiger partial charge on any atom is -0.369 e. The molecule has 5 heteroatoms. The molecule has 1 aromatic heterocycles. The Bertz CT molecular complexity index is 608. The maximum atomic E-state index is 12.0. The molecule has 0 saturated heterocycles. The summed E-state index contributed by atoms with van der Waals surface area (Å²) in [6.45, 7) is 0. The summed E-state index contributed by atoms with van der Waals surface area (Å²) < 4.78 is 0. The monoisotopic (exact) mass is 302 g/mol. The van der Waals surface area contributed by atoms with Gasteiger partial charge in [0.25, 0.3) is 0 Å². The average molecular weight is 302 g/mol. The summed E-state index contributed by atoms with van der Waals surface area (Å²) >= 11 is 1.70. The van der Waals surface area contributed by atoms with Gasteiger partial charge in [-0.25, -0.2) is 0 Å². The van der Waals surface area contributed by atoms with E-state index in [1.54, 1.807) is 23.5 Å². The van der Waals surface area contributed by atoms with Crippen LogP contribution in [0.3, 0.4) is 0 Å². The van der Waals surface area contributed by atoms with E-state index in [0.29, 0.717) is 12.1 Å². The van der Waals surface area contributed by atoms with Crippen molar-refractivity contribution in [2.45, 2.75) is 25.7 Å². The van der Waals surface area contributed by atoms with E-state index < -0.39 is 5.91 Å². The van der Waals surface area contributed by atoms with Gasteiger partial charge in [0.2, 0.25) is 11.8 Å². The number of hydrogen-bond acceptors (Lipinski definition) is 3. The molecular formula is C16H18N2O2S. The van der Waals surface area contributed by atoms with Gasteiger partial charge >= 0.3 is 0 Å². The molecule has 21 heavy (non-hydrogen) atoms. The van der Waals surface area contributed by atoms with Crippen LogP contribution in [0, 0.1) is 0 Å². The fourth-order valence-corrected chi connectivity index (χ4v) is 2.83. The third-order valence-corrected chi connectivity index (χ3v) is 4.00. The van der Waals surface area contributed by atoms with Crippen molar-refractivity contribution in [2.24, 2.45) is 5.73 Å². The molecule has 4 nitrogen and oxygen atoms in total. The van der Waals surface area contributed by atoms with Gasteiger partial charge in [-0.05, 0) is 35.9 Å². The highest BCUT2D eigenvalue weighted by atomic mass is 32.1. The molecule has 0 fully saturated rings. The molecule has 1 heterocycles. The normalized spacial score (nSPS) is 10.3. The summed E-state index contributed by atoms with van der Waals surface area (Å²) in [6.07, 6.45) is 2.31. The van der Waals surface area contributed by atoms with Crippen LogP contribution in [0.15, 0.2) is 41.8 Å². The smallest absolute Gasteiger partial charge is 0.224 e. The van der Waals surface area contributed by atoms with E-state index in [-0.39, 0.29) is 12.3 Å².